The van der Waals surface area contributed by atoms with E-state index in [1.165, 1.54) is 29.1 Å². The highest BCUT2D eigenvalue weighted by molar-refractivity contribution is 7.10. The Kier molecular flexibility index (Phi) is 7.28. The van der Waals surface area contributed by atoms with Crippen molar-refractivity contribution < 1.29 is 27.2 Å². The number of rotatable bonds is 4. The van der Waals surface area contributed by atoms with Gasteiger partial charge < -0.3 is 9.80 Å². The van der Waals surface area contributed by atoms with Crippen molar-refractivity contribution >= 4 is 23.2 Å². The Morgan fingerprint density at radius 2 is 1.79 bits per heavy atom. The Hall–Kier alpha value is -3.24. The number of alkyl halides is 3. The van der Waals surface area contributed by atoms with Gasteiger partial charge in [0.25, 0.3) is 5.91 Å². The highest BCUT2D eigenvalue weighted by atomic mass is 32.1. The molecule has 0 radical (unpaired) electrons. The first-order valence-electron chi connectivity index (χ1n) is 12.4. The molecule has 2 aliphatic rings. The molecule has 3 heterocycles. The maximum absolute atomic E-state index is 14.1. The summed E-state index contributed by atoms with van der Waals surface area (Å²) in [6, 6.07) is 12.2. The standard InChI is InChI=1S/C28H27F4N3O2S/c1-18-16-33(12-13-35(18)27(37)19-5-7-21(8-6-19)28(30,31)32)25(36)17-34-11-9-24-23(10-14-38-24)26(34)20-3-2-4-22(29)15-20/h2-8,10,14-15,18,26H,9,11-13,16-17H2,1H3. The molecule has 1 aromatic heterocycles. The van der Waals surface area contributed by atoms with Gasteiger partial charge in [0.1, 0.15) is 5.82 Å². The van der Waals surface area contributed by atoms with E-state index in [1.807, 2.05) is 24.4 Å². The number of hydrogen-bond acceptors (Lipinski definition) is 4. The second-order valence-electron chi connectivity index (χ2n) is 9.74. The Morgan fingerprint density at radius 3 is 2.47 bits per heavy atom. The second-order valence-corrected chi connectivity index (χ2v) is 10.7. The van der Waals surface area contributed by atoms with Gasteiger partial charge in [-0.05, 0) is 72.3 Å². The molecule has 0 bridgehead atoms. The minimum absolute atomic E-state index is 0.0708. The maximum Gasteiger partial charge on any atom is 0.416 e. The number of carbonyl (C=O) groups is 2. The van der Waals surface area contributed by atoms with Gasteiger partial charge in [-0.1, -0.05) is 12.1 Å². The van der Waals surface area contributed by atoms with Gasteiger partial charge in [0.05, 0.1) is 18.2 Å². The van der Waals surface area contributed by atoms with Crippen LogP contribution in [0, 0.1) is 5.82 Å². The van der Waals surface area contributed by atoms with Crippen molar-refractivity contribution in [1.82, 2.24) is 14.7 Å². The number of nitrogens with zero attached hydrogens (tertiary/aromatic N) is 3. The monoisotopic (exact) mass is 545 g/mol. The highest BCUT2D eigenvalue weighted by Gasteiger charge is 2.35. The molecule has 10 heteroatoms. The van der Waals surface area contributed by atoms with E-state index in [0.29, 0.717) is 19.6 Å². The Balaban J connectivity index is 1.25. The first-order valence-corrected chi connectivity index (χ1v) is 13.3. The molecule has 2 aromatic carbocycles. The molecule has 2 unspecified atom stereocenters. The lowest BCUT2D eigenvalue weighted by molar-refractivity contribution is -0.137. The summed E-state index contributed by atoms with van der Waals surface area (Å²) in [7, 11) is 0. The van der Waals surface area contributed by atoms with Gasteiger partial charge in [-0.2, -0.15) is 13.2 Å². The van der Waals surface area contributed by atoms with Gasteiger partial charge in [-0.3, -0.25) is 14.5 Å². The minimum atomic E-state index is -4.46. The third-order valence-corrected chi connectivity index (χ3v) is 8.27. The molecule has 3 aromatic rings. The molecule has 38 heavy (non-hydrogen) atoms. The van der Waals surface area contributed by atoms with Crippen LogP contribution in [0.4, 0.5) is 17.6 Å². The van der Waals surface area contributed by atoms with Crippen LogP contribution in [0.2, 0.25) is 0 Å². The molecule has 2 atom stereocenters. The zero-order chi connectivity index (χ0) is 27.0. The zero-order valence-corrected chi connectivity index (χ0v) is 21.6. The predicted molar refractivity (Wildman–Crippen MR) is 136 cm³/mol. The minimum Gasteiger partial charge on any atom is -0.338 e. The molecule has 1 saturated heterocycles. The lowest BCUT2D eigenvalue weighted by Gasteiger charge is -2.42. The van der Waals surface area contributed by atoms with Crippen LogP contribution in [0.25, 0.3) is 0 Å². The number of halogens is 4. The van der Waals surface area contributed by atoms with Crippen LogP contribution < -0.4 is 0 Å². The molecule has 2 aliphatic heterocycles. The predicted octanol–water partition coefficient (Wildman–Crippen LogP) is 5.23. The van der Waals surface area contributed by atoms with Crippen molar-refractivity contribution in [3.63, 3.8) is 0 Å². The number of hydrogen-bond donors (Lipinski definition) is 0. The van der Waals surface area contributed by atoms with Crippen molar-refractivity contribution in [1.29, 1.82) is 0 Å². The van der Waals surface area contributed by atoms with Gasteiger partial charge in [-0.25, -0.2) is 4.39 Å². The largest absolute Gasteiger partial charge is 0.416 e. The summed E-state index contributed by atoms with van der Waals surface area (Å²) in [6.07, 6.45) is -3.65. The number of fused-ring (bicyclic) bond motifs is 1. The molecule has 0 N–H and O–H groups in total. The van der Waals surface area contributed by atoms with Gasteiger partial charge in [0.2, 0.25) is 5.91 Å². The molecule has 5 rings (SSSR count). The fourth-order valence-electron chi connectivity index (χ4n) is 5.33. The quantitative estimate of drug-likeness (QED) is 0.422. The summed E-state index contributed by atoms with van der Waals surface area (Å²) in [4.78, 5) is 33.0. The van der Waals surface area contributed by atoms with Crippen LogP contribution in [0.3, 0.4) is 0 Å². The Morgan fingerprint density at radius 1 is 1.03 bits per heavy atom. The van der Waals surface area contributed by atoms with Crippen molar-refractivity contribution in [2.75, 3.05) is 32.7 Å². The highest BCUT2D eigenvalue weighted by Crippen LogP contribution is 2.38. The normalized spacial score (nSPS) is 20.3. The van der Waals surface area contributed by atoms with E-state index in [9.17, 15) is 27.2 Å². The third kappa shape index (κ3) is 5.33. The molecule has 200 valence electrons. The van der Waals surface area contributed by atoms with Crippen LogP contribution in [0.1, 0.15) is 44.9 Å². The lowest BCUT2D eigenvalue weighted by atomic mass is 9.93. The van der Waals surface area contributed by atoms with E-state index in [-0.39, 0.29) is 48.4 Å². The molecule has 0 saturated carbocycles. The summed E-state index contributed by atoms with van der Waals surface area (Å²) in [5, 5.41) is 2.02. The maximum atomic E-state index is 14.1. The lowest BCUT2D eigenvalue weighted by Crippen LogP contribution is -2.57. The van der Waals surface area contributed by atoms with E-state index < -0.39 is 11.7 Å². The van der Waals surface area contributed by atoms with Crippen molar-refractivity contribution in [2.45, 2.75) is 31.6 Å². The van der Waals surface area contributed by atoms with Gasteiger partial charge in [-0.15, -0.1) is 11.3 Å². The van der Waals surface area contributed by atoms with E-state index in [2.05, 4.69) is 4.90 Å². The third-order valence-electron chi connectivity index (χ3n) is 7.27. The number of carbonyl (C=O) groups excluding carboxylic acids is 2. The smallest absolute Gasteiger partial charge is 0.338 e. The van der Waals surface area contributed by atoms with E-state index in [0.717, 1.165) is 29.7 Å². The summed E-state index contributed by atoms with van der Waals surface area (Å²) in [6.45, 7) is 3.60. The van der Waals surface area contributed by atoms with Gasteiger partial charge >= 0.3 is 6.18 Å². The second kappa shape index (κ2) is 10.5. The topological polar surface area (TPSA) is 43.9 Å². The molecule has 0 aliphatic carbocycles. The van der Waals surface area contributed by atoms with Crippen LogP contribution in [-0.4, -0.2) is 65.3 Å². The van der Waals surface area contributed by atoms with Crippen molar-refractivity contribution in [3.8, 4) is 0 Å². The fraction of sp³-hybridized carbons (Fsp3) is 0.357. The average Bonchev–Trinajstić information content (AvgIpc) is 3.36. The summed E-state index contributed by atoms with van der Waals surface area (Å²) < 4.78 is 52.7. The number of benzene rings is 2. The Bertz CT molecular complexity index is 1320. The average molecular weight is 546 g/mol. The molecular weight excluding hydrogens is 518 g/mol. The zero-order valence-electron chi connectivity index (χ0n) is 20.7. The molecule has 1 fully saturated rings. The summed E-state index contributed by atoms with van der Waals surface area (Å²) >= 11 is 1.67. The fourth-order valence-corrected chi connectivity index (χ4v) is 6.24. The van der Waals surface area contributed by atoms with Crippen LogP contribution in [0.5, 0.6) is 0 Å². The molecule has 2 amide bonds. The van der Waals surface area contributed by atoms with Gasteiger partial charge in [0.15, 0.2) is 0 Å². The summed E-state index contributed by atoms with van der Waals surface area (Å²) in [5.74, 6) is -0.747. The van der Waals surface area contributed by atoms with E-state index >= 15 is 0 Å². The van der Waals surface area contributed by atoms with E-state index in [4.69, 9.17) is 0 Å². The SMILES string of the molecule is CC1CN(C(=O)CN2CCc3sccc3C2c2cccc(F)c2)CCN1C(=O)c1ccc(C(F)(F)F)cc1. The first-order chi connectivity index (χ1) is 18.1. The number of piperazine rings is 1. The number of thiophene rings is 1. The molecule has 5 nitrogen and oxygen atoms in total. The van der Waals surface area contributed by atoms with Gasteiger partial charge in [0, 0.05) is 42.7 Å². The van der Waals surface area contributed by atoms with Crippen LogP contribution in [0.15, 0.2) is 60.0 Å². The van der Waals surface area contributed by atoms with E-state index in [1.54, 1.807) is 27.2 Å². The van der Waals surface area contributed by atoms with Crippen molar-refractivity contribution in [2.24, 2.45) is 0 Å². The number of amides is 2. The Labute approximate surface area is 222 Å². The van der Waals surface area contributed by atoms with Crippen LogP contribution >= 0.6 is 11.3 Å². The molecule has 0 spiro atoms. The molecular formula is C28H27F4N3O2S. The van der Waals surface area contributed by atoms with Crippen LogP contribution in [-0.2, 0) is 17.4 Å². The van der Waals surface area contributed by atoms with Crippen molar-refractivity contribution in [3.05, 3.63) is 92.9 Å². The first kappa shape index (κ1) is 26.4. The summed E-state index contributed by atoms with van der Waals surface area (Å²) in [5.41, 5.74) is 1.28.